The van der Waals surface area contributed by atoms with Crippen LogP contribution in [0.15, 0.2) is 66.9 Å². The zero-order chi connectivity index (χ0) is 49.7. The van der Waals surface area contributed by atoms with E-state index in [4.69, 9.17) is 5.26 Å². The summed E-state index contributed by atoms with van der Waals surface area (Å²) in [6.07, 6.45) is -5.05. The molecule has 0 aliphatic heterocycles. The average Bonchev–Trinajstić information content (AvgIpc) is 3.32. The van der Waals surface area contributed by atoms with Crippen LogP contribution in [0, 0.1) is 128 Å². The average molecular weight is 966 g/mol. The lowest BCUT2D eigenvalue weighted by Crippen LogP contribution is -2.81. The number of rotatable bonds is 8. The molecule has 0 aliphatic carbocycles. The van der Waals surface area contributed by atoms with Crippen LogP contribution in [0.2, 0.25) is 0 Å². The Morgan fingerprint density at radius 1 is 0.418 bits per heavy atom. The number of hydrogen-bond donors (Lipinski definition) is 0. The van der Waals surface area contributed by atoms with Crippen molar-refractivity contribution in [2.45, 2.75) is 13.0 Å². The standard InChI is InChI=1S/C24BF20.C19H15N2O/c26-5-1(6(27)14(35)21(42)13(5)34)25(2-7(28)15(36)22(43)16(37)8(2)29,3-9(30)17(38)23(44)18(39)10(3)31)4-11(32)19(40)24(45)20(41)12(4)33;20-12-10-18-17-9-5-4-6-15(17)11-13-21(18)14-19(22)16-7-2-1-3-8-16/h;1-9,11,13H,10,14H2/q-1;+1. The molecule has 1 aromatic heterocycles. The first kappa shape index (κ1) is 49.0. The van der Waals surface area contributed by atoms with Gasteiger partial charge in [-0.2, -0.15) is 9.83 Å². The van der Waals surface area contributed by atoms with Gasteiger partial charge in [0, 0.05) is 11.6 Å². The van der Waals surface area contributed by atoms with Crippen LogP contribution >= 0.6 is 0 Å². The molecule has 0 N–H and O–H groups in total. The third kappa shape index (κ3) is 7.74. The minimum absolute atomic E-state index is 0.0417. The summed E-state index contributed by atoms with van der Waals surface area (Å²) in [7, 11) is 0. The minimum atomic E-state index is -7.22. The quantitative estimate of drug-likeness (QED) is 0.0382. The van der Waals surface area contributed by atoms with Crippen molar-refractivity contribution in [1.82, 2.24) is 0 Å². The first-order valence-electron chi connectivity index (χ1n) is 18.1. The summed E-state index contributed by atoms with van der Waals surface area (Å²) in [6, 6.07) is 21.3. The molecule has 7 aromatic rings. The molecule has 6 aromatic carbocycles. The van der Waals surface area contributed by atoms with Gasteiger partial charge in [-0.05, 0) is 11.5 Å². The number of pyridine rings is 1. The van der Waals surface area contributed by atoms with Crippen molar-refractivity contribution in [3.8, 4) is 6.07 Å². The number of halogens is 20. The molecular formula is C43H15BF20N2O. The van der Waals surface area contributed by atoms with Gasteiger partial charge >= 0.3 is 0 Å². The number of ketones is 1. The summed E-state index contributed by atoms with van der Waals surface area (Å²) in [6.45, 7) is 0.242. The Bertz CT molecular complexity index is 2850. The number of Topliss-reactive ketones (excluding diaryl/α,β-unsaturated/α-hetero) is 1. The predicted molar refractivity (Wildman–Crippen MR) is 193 cm³/mol. The smallest absolute Gasteiger partial charge is 0.227 e. The second-order valence-corrected chi connectivity index (χ2v) is 13.9. The van der Waals surface area contributed by atoms with Gasteiger partial charge in [0.05, 0.1) is 11.5 Å². The van der Waals surface area contributed by atoms with Crippen molar-refractivity contribution in [3.05, 3.63) is 194 Å². The first-order valence-corrected chi connectivity index (χ1v) is 18.1. The van der Waals surface area contributed by atoms with Crippen LogP contribution in [-0.4, -0.2) is 11.9 Å². The molecular weight excluding hydrogens is 951 g/mol. The molecule has 0 saturated carbocycles. The summed E-state index contributed by atoms with van der Waals surface area (Å²) in [5.41, 5.74) is -12.8. The van der Waals surface area contributed by atoms with Crippen LogP contribution in [0.4, 0.5) is 87.8 Å². The molecule has 346 valence electrons. The third-order valence-corrected chi connectivity index (χ3v) is 10.4. The largest absolute Gasteiger partial charge is 0.287 e. The summed E-state index contributed by atoms with van der Waals surface area (Å²) in [4.78, 5) is 12.4. The van der Waals surface area contributed by atoms with Crippen LogP contribution < -0.4 is 26.4 Å². The van der Waals surface area contributed by atoms with E-state index in [1.807, 2.05) is 71.4 Å². The number of nitrogens with zero attached hydrogens (tertiary/aromatic N) is 2. The number of carbonyl (C=O) groups is 1. The molecule has 3 nitrogen and oxygen atoms in total. The lowest BCUT2D eigenvalue weighted by molar-refractivity contribution is -0.688. The van der Waals surface area contributed by atoms with E-state index in [-0.39, 0.29) is 18.7 Å². The van der Waals surface area contributed by atoms with Crippen molar-refractivity contribution in [2.75, 3.05) is 0 Å². The van der Waals surface area contributed by atoms with E-state index in [2.05, 4.69) is 6.07 Å². The monoisotopic (exact) mass is 966 g/mol. The summed E-state index contributed by atoms with van der Waals surface area (Å²) < 4.78 is 296. The van der Waals surface area contributed by atoms with Crippen molar-refractivity contribution in [1.29, 1.82) is 5.26 Å². The highest BCUT2D eigenvalue weighted by molar-refractivity contribution is 7.20. The molecule has 0 aliphatic rings. The maximum absolute atomic E-state index is 15.4. The molecule has 0 saturated heterocycles. The fourth-order valence-electron chi connectivity index (χ4n) is 7.48. The van der Waals surface area contributed by atoms with E-state index in [1.54, 1.807) is 0 Å². The molecule has 0 amide bonds. The summed E-state index contributed by atoms with van der Waals surface area (Å²) in [5, 5.41) is 11.2. The fourth-order valence-corrected chi connectivity index (χ4v) is 7.48. The van der Waals surface area contributed by atoms with Crippen molar-refractivity contribution >= 4 is 44.6 Å². The molecule has 7 rings (SSSR count). The molecule has 0 spiro atoms. The molecule has 0 bridgehead atoms. The molecule has 1 heterocycles. The van der Waals surface area contributed by atoms with Crippen LogP contribution in [-0.2, 0) is 13.0 Å². The van der Waals surface area contributed by atoms with E-state index in [0.717, 1.165) is 16.5 Å². The van der Waals surface area contributed by atoms with Crippen LogP contribution in [0.25, 0.3) is 10.8 Å². The molecule has 24 heteroatoms. The lowest BCUT2D eigenvalue weighted by atomic mass is 9.12. The molecule has 0 atom stereocenters. The third-order valence-electron chi connectivity index (χ3n) is 10.4. The van der Waals surface area contributed by atoms with Crippen molar-refractivity contribution in [2.24, 2.45) is 0 Å². The number of carbonyl (C=O) groups excluding carboxylic acids is 1. The Morgan fingerprint density at radius 3 is 1.04 bits per heavy atom. The van der Waals surface area contributed by atoms with Gasteiger partial charge < -0.3 is 0 Å². The van der Waals surface area contributed by atoms with Gasteiger partial charge in [0.25, 0.3) is 0 Å². The number of aromatic nitrogens is 1. The molecule has 0 fully saturated rings. The number of benzene rings is 6. The number of fused-ring (bicyclic) bond motifs is 1. The normalized spacial score (nSPS) is 11.4. The fraction of sp³-hybridized carbons (Fsp3) is 0.0465. The maximum Gasteiger partial charge on any atom is 0.227 e. The first-order chi connectivity index (χ1) is 31.5. The molecule has 0 unspecified atom stereocenters. The molecule has 0 radical (unpaired) electrons. The highest BCUT2D eigenvalue weighted by atomic mass is 19.2. The van der Waals surface area contributed by atoms with Crippen molar-refractivity contribution < 1.29 is 97.2 Å². The summed E-state index contributed by atoms with van der Waals surface area (Å²) in [5.74, 6) is -71.4. The Balaban J connectivity index is 0.000000279. The predicted octanol–water partition coefficient (Wildman–Crippen LogP) is 8.92. The van der Waals surface area contributed by atoms with Gasteiger partial charge in [0.15, 0.2) is 76.0 Å². The second kappa shape index (κ2) is 18.4. The van der Waals surface area contributed by atoms with Crippen molar-refractivity contribution in [3.63, 3.8) is 0 Å². The van der Waals surface area contributed by atoms with Gasteiger partial charge in [0.2, 0.25) is 18.0 Å². The van der Waals surface area contributed by atoms with Crippen LogP contribution in [0.3, 0.4) is 0 Å². The van der Waals surface area contributed by atoms with E-state index >= 15 is 35.1 Å². The van der Waals surface area contributed by atoms with Gasteiger partial charge in [0.1, 0.15) is 59.1 Å². The Morgan fingerprint density at radius 2 is 0.716 bits per heavy atom. The summed E-state index contributed by atoms with van der Waals surface area (Å²) >= 11 is 0. The van der Waals surface area contributed by atoms with E-state index in [1.165, 1.54) is 0 Å². The van der Waals surface area contributed by atoms with Gasteiger partial charge in [-0.15, -0.1) is 21.9 Å². The zero-order valence-electron chi connectivity index (χ0n) is 32.2. The zero-order valence-corrected chi connectivity index (χ0v) is 32.2. The second-order valence-electron chi connectivity index (χ2n) is 13.9. The number of hydrogen-bond acceptors (Lipinski definition) is 2. The highest BCUT2D eigenvalue weighted by Crippen LogP contribution is 2.31. The van der Waals surface area contributed by atoms with Gasteiger partial charge in [-0.1, -0.05) is 48.5 Å². The molecule has 67 heavy (non-hydrogen) atoms. The van der Waals surface area contributed by atoms with Gasteiger partial charge in [-0.25, -0.2) is 87.8 Å². The van der Waals surface area contributed by atoms with Gasteiger partial charge in [-0.3, -0.25) is 4.79 Å². The SMILES string of the molecule is Fc1c(F)c(F)c([B-](c2c(F)c(F)c(F)c(F)c2F)(c2c(F)c(F)c(F)c(F)c2F)c2c(F)c(F)c(F)c(F)c2F)c(F)c1F.N#CCc1c2ccccc2cc[n+]1CC(=O)c1ccccc1. The highest BCUT2D eigenvalue weighted by Gasteiger charge is 2.52. The van der Waals surface area contributed by atoms with Crippen LogP contribution in [0.1, 0.15) is 16.1 Å². The van der Waals surface area contributed by atoms with E-state index < -0.39 is 144 Å². The minimum Gasteiger partial charge on any atom is -0.287 e. The lowest BCUT2D eigenvalue weighted by Gasteiger charge is -2.44. The Hall–Kier alpha value is -7.45. The maximum atomic E-state index is 15.4. The Labute approximate surface area is 360 Å². The topological polar surface area (TPSA) is 44.7 Å². The van der Waals surface area contributed by atoms with Crippen LogP contribution in [0.5, 0.6) is 0 Å². The number of nitriles is 1. The van der Waals surface area contributed by atoms with E-state index in [0.29, 0.717) is 5.56 Å². The Kier molecular flexibility index (Phi) is 13.5. The van der Waals surface area contributed by atoms with E-state index in [9.17, 15) is 57.5 Å².